The molecule has 2 aromatic carbocycles. The van der Waals surface area contributed by atoms with Crippen molar-refractivity contribution in [3.8, 4) is 16.9 Å². The van der Waals surface area contributed by atoms with Gasteiger partial charge in [0.15, 0.2) is 0 Å². The molecule has 1 fully saturated rings. The molecule has 0 atom stereocenters. The first-order valence-corrected chi connectivity index (χ1v) is 12.7. The van der Waals surface area contributed by atoms with Gasteiger partial charge in [-0.15, -0.1) is 5.10 Å². The van der Waals surface area contributed by atoms with Gasteiger partial charge in [0.25, 0.3) is 5.91 Å². The molecule has 0 saturated carbocycles. The molecule has 5 rings (SSSR count). The summed E-state index contributed by atoms with van der Waals surface area (Å²) in [6, 6.07) is 19.1. The number of ether oxygens (including phenoxy) is 2. The van der Waals surface area contributed by atoms with Crippen LogP contribution in [-0.4, -0.2) is 45.9 Å². The normalized spacial score (nSPS) is 13.9. The van der Waals surface area contributed by atoms with E-state index in [2.05, 4.69) is 25.5 Å². The van der Waals surface area contributed by atoms with Crippen LogP contribution in [0.15, 0.2) is 66.9 Å². The second-order valence-electron chi connectivity index (χ2n) is 8.99. The van der Waals surface area contributed by atoms with E-state index < -0.39 is 5.91 Å². The molecule has 8 nitrogen and oxygen atoms in total. The number of nitrogens with zero attached hydrogens (tertiary/aromatic N) is 3. The summed E-state index contributed by atoms with van der Waals surface area (Å²) in [6.45, 7) is 2.32. The molecule has 1 saturated heterocycles. The third-order valence-corrected chi connectivity index (χ3v) is 6.66. The molecule has 1 amide bonds. The average molecular weight is 518 g/mol. The molecule has 0 spiro atoms. The minimum Gasteiger partial charge on any atom is -0.494 e. The van der Waals surface area contributed by atoms with Crippen molar-refractivity contribution < 1.29 is 14.3 Å². The molecule has 3 heterocycles. The number of carbonyl (C=O) groups excluding carboxylic acids is 1. The molecule has 9 heteroatoms. The van der Waals surface area contributed by atoms with Crippen LogP contribution >= 0.6 is 11.6 Å². The van der Waals surface area contributed by atoms with Crippen LogP contribution in [0.1, 0.15) is 41.3 Å². The molecule has 2 N–H and O–H groups in total. The molecule has 190 valence electrons. The lowest BCUT2D eigenvalue weighted by molar-refractivity contribution is 0.0593. The highest BCUT2D eigenvalue weighted by Crippen LogP contribution is 2.32. The molecule has 4 aromatic rings. The number of H-pyrrole nitrogens is 1. The van der Waals surface area contributed by atoms with E-state index in [1.54, 1.807) is 12.3 Å². The van der Waals surface area contributed by atoms with Gasteiger partial charge < -0.3 is 14.8 Å². The largest absolute Gasteiger partial charge is 0.494 e. The number of pyridine rings is 1. The molecule has 0 aliphatic carbocycles. The minimum atomic E-state index is -0.448. The van der Waals surface area contributed by atoms with Crippen molar-refractivity contribution in [1.82, 2.24) is 20.2 Å². The second-order valence-corrected chi connectivity index (χ2v) is 9.39. The highest BCUT2D eigenvalue weighted by atomic mass is 35.5. The van der Waals surface area contributed by atoms with E-state index in [0.29, 0.717) is 35.6 Å². The Morgan fingerprint density at radius 3 is 2.78 bits per heavy atom. The van der Waals surface area contributed by atoms with Gasteiger partial charge in [-0.2, -0.15) is 0 Å². The number of halogens is 1. The number of amides is 1. The number of aromatic amines is 1. The molecule has 1 aliphatic heterocycles. The van der Waals surface area contributed by atoms with Crippen molar-refractivity contribution in [2.75, 3.05) is 25.1 Å². The Labute approximate surface area is 220 Å². The van der Waals surface area contributed by atoms with Crippen LogP contribution < -0.4 is 10.1 Å². The summed E-state index contributed by atoms with van der Waals surface area (Å²) in [7, 11) is 0. The Balaban J connectivity index is 1.23. The van der Waals surface area contributed by atoms with E-state index >= 15 is 0 Å². The fraction of sp³-hybridized carbons (Fsp3) is 0.286. The van der Waals surface area contributed by atoms with Gasteiger partial charge in [-0.3, -0.25) is 9.89 Å². The quantitative estimate of drug-likeness (QED) is 0.301. The summed E-state index contributed by atoms with van der Waals surface area (Å²) in [5.41, 5.74) is 2.68. The van der Waals surface area contributed by atoms with Crippen molar-refractivity contribution in [3.63, 3.8) is 0 Å². The predicted octanol–water partition coefficient (Wildman–Crippen LogP) is 5.56. The van der Waals surface area contributed by atoms with Crippen LogP contribution in [0.3, 0.4) is 0 Å². The van der Waals surface area contributed by atoms with E-state index in [1.807, 2.05) is 54.6 Å². The summed E-state index contributed by atoms with van der Waals surface area (Å²) in [6.07, 6.45) is 5.35. The number of nitrogens with one attached hydrogen (secondary N) is 2. The molecular formula is C28H28ClN5O3. The number of rotatable bonds is 9. The Hall–Kier alpha value is -3.75. The SMILES string of the molecule is O=C(Nc1cc(-c2cc(OCCC3CCOCC3)ccc2Cl)ccn1)c1n[nH]c(Cc2ccccc2)n1. The maximum absolute atomic E-state index is 12.7. The highest BCUT2D eigenvalue weighted by Gasteiger charge is 2.16. The summed E-state index contributed by atoms with van der Waals surface area (Å²) in [5, 5.41) is 10.2. The van der Waals surface area contributed by atoms with Crippen molar-refractivity contribution >= 4 is 23.3 Å². The molecule has 37 heavy (non-hydrogen) atoms. The summed E-state index contributed by atoms with van der Waals surface area (Å²) >= 11 is 6.51. The first-order chi connectivity index (χ1) is 18.1. The molecule has 2 aromatic heterocycles. The Morgan fingerprint density at radius 1 is 1.11 bits per heavy atom. The lowest BCUT2D eigenvalue weighted by Crippen LogP contribution is -2.17. The zero-order valence-corrected chi connectivity index (χ0v) is 21.1. The number of carbonyl (C=O) groups is 1. The van der Waals surface area contributed by atoms with Gasteiger partial charge in [0.05, 0.1) is 6.61 Å². The summed E-state index contributed by atoms with van der Waals surface area (Å²) in [5.74, 6) is 1.98. The van der Waals surface area contributed by atoms with E-state index in [-0.39, 0.29) is 5.82 Å². The third kappa shape index (κ3) is 6.72. The highest BCUT2D eigenvalue weighted by molar-refractivity contribution is 6.33. The zero-order valence-electron chi connectivity index (χ0n) is 20.3. The van der Waals surface area contributed by atoms with Gasteiger partial charge in [-0.05, 0) is 66.6 Å². The molecular weight excluding hydrogens is 490 g/mol. The predicted molar refractivity (Wildman–Crippen MR) is 142 cm³/mol. The standard InChI is InChI=1S/C28H28ClN5O3/c29-24-7-6-22(37-15-11-19-9-13-36-14-10-19)18-23(24)21-8-12-30-25(17-21)32-28(35)27-31-26(33-34-27)16-20-4-2-1-3-5-20/h1-8,12,17-19H,9-11,13-16H2,(H,30,32,35)(H,31,33,34). The van der Waals surface area contributed by atoms with E-state index in [4.69, 9.17) is 21.1 Å². The van der Waals surface area contributed by atoms with E-state index in [0.717, 1.165) is 54.9 Å². The number of hydrogen-bond acceptors (Lipinski definition) is 6. The van der Waals surface area contributed by atoms with E-state index in [1.165, 1.54) is 0 Å². The van der Waals surface area contributed by atoms with Crippen molar-refractivity contribution in [3.05, 3.63) is 89.1 Å². The van der Waals surface area contributed by atoms with Crippen LogP contribution in [0, 0.1) is 5.92 Å². The van der Waals surface area contributed by atoms with E-state index in [9.17, 15) is 4.79 Å². The van der Waals surface area contributed by atoms with Crippen molar-refractivity contribution in [2.45, 2.75) is 25.7 Å². The molecule has 0 radical (unpaired) electrons. The molecule has 1 aliphatic rings. The Morgan fingerprint density at radius 2 is 1.95 bits per heavy atom. The van der Waals surface area contributed by atoms with Crippen LogP contribution in [0.5, 0.6) is 5.75 Å². The average Bonchev–Trinajstić information content (AvgIpc) is 3.40. The lowest BCUT2D eigenvalue weighted by Gasteiger charge is -2.21. The topological polar surface area (TPSA) is 102 Å². The number of anilines is 1. The van der Waals surface area contributed by atoms with Gasteiger partial charge >= 0.3 is 0 Å². The Bertz CT molecular complexity index is 1340. The van der Waals surface area contributed by atoms with Crippen molar-refractivity contribution in [1.29, 1.82) is 0 Å². The summed E-state index contributed by atoms with van der Waals surface area (Å²) < 4.78 is 11.4. The summed E-state index contributed by atoms with van der Waals surface area (Å²) in [4.78, 5) is 21.3. The fourth-order valence-corrected chi connectivity index (χ4v) is 4.52. The van der Waals surface area contributed by atoms with Gasteiger partial charge in [0, 0.05) is 36.4 Å². The number of benzene rings is 2. The van der Waals surface area contributed by atoms with Gasteiger partial charge in [0.1, 0.15) is 17.4 Å². The van der Waals surface area contributed by atoms with Gasteiger partial charge in [-0.25, -0.2) is 9.97 Å². The molecule has 0 unspecified atom stereocenters. The van der Waals surface area contributed by atoms with Crippen LogP contribution in [0.25, 0.3) is 11.1 Å². The lowest BCUT2D eigenvalue weighted by atomic mass is 9.97. The third-order valence-electron chi connectivity index (χ3n) is 6.34. The number of aromatic nitrogens is 4. The zero-order chi connectivity index (χ0) is 25.5. The first kappa shape index (κ1) is 24.9. The Kier molecular flexibility index (Phi) is 8.08. The van der Waals surface area contributed by atoms with Crippen LogP contribution in [0.4, 0.5) is 5.82 Å². The smallest absolute Gasteiger partial charge is 0.296 e. The number of hydrogen-bond donors (Lipinski definition) is 2. The van der Waals surface area contributed by atoms with Crippen LogP contribution in [-0.2, 0) is 11.2 Å². The van der Waals surface area contributed by atoms with Gasteiger partial charge in [-0.1, -0.05) is 41.9 Å². The molecule has 0 bridgehead atoms. The minimum absolute atomic E-state index is 0.0519. The maximum Gasteiger partial charge on any atom is 0.296 e. The van der Waals surface area contributed by atoms with Gasteiger partial charge in [0.2, 0.25) is 5.82 Å². The fourth-order valence-electron chi connectivity index (χ4n) is 4.30. The maximum atomic E-state index is 12.7. The van der Waals surface area contributed by atoms with Crippen molar-refractivity contribution in [2.24, 2.45) is 5.92 Å². The van der Waals surface area contributed by atoms with Crippen LogP contribution in [0.2, 0.25) is 5.02 Å². The monoisotopic (exact) mass is 517 g/mol. The second kappa shape index (κ2) is 12.0. The first-order valence-electron chi connectivity index (χ1n) is 12.4.